The van der Waals surface area contributed by atoms with Crippen LogP contribution in [0, 0.1) is 11.8 Å². The van der Waals surface area contributed by atoms with Crippen molar-refractivity contribution in [1.29, 1.82) is 0 Å². The minimum Gasteiger partial charge on any atom is -0.462 e. The van der Waals surface area contributed by atoms with Crippen LogP contribution >= 0.6 is 15.6 Å². The Morgan fingerprint density at radius 3 is 0.752 bits per heavy atom. The summed E-state index contributed by atoms with van der Waals surface area (Å²) in [7, 11) is -9.92. The van der Waals surface area contributed by atoms with Gasteiger partial charge in [0.2, 0.25) is 0 Å². The Morgan fingerprint density at radius 2 is 0.505 bits per heavy atom. The molecule has 0 spiro atoms. The zero-order valence-corrected chi connectivity index (χ0v) is 68.0. The van der Waals surface area contributed by atoms with Gasteiger partial charge in [0.15, 0.2) is 12.2 Å². The first-order chi connectivity index (χ1) is 48.9. The number of phosphoric acid groups is 2. The van der Waals surface area contributed by atoms with E-state index < -0.39 is 97.5 Å². The van der Waals surface area contributed by atoms with E-state index in [2.05, 4.69) is 41.5 Å². The van der Waals surface area contributed by atoms with E-state index >= 15 is 0 Å². The molecule has 0 amide bonds. The highest BCUT2D eigenvalue weighted by atomic mass is 31.2. The molecule has 0 radical (unpaired) electrons. The molecule has 17 nitrogen and oxygen atoms in total. The number of hydrogen-bond acceptors (Lipinski definition) is 15. The van der Waals surface area contributed by atoms with E-state index in [1.807, 2.05) is 0 Å². The van der Waals surface area contributed by atoms with Crippen LogP contribution in [-0.4, -0.2) is 96.7 Å². The van der Waals surface area contributed by atoms with Gasteiger partial charge in [0.05, 0.1) is 26.4 Å². The molecule has 0 aliphatic carbocycles. The van der Waals surface area contributed by atoms with Crippen LogP contribution in [0.15, 0.2) is 0 Å². The second-order valence-corrected chi connectivity index (χ2v) is 33.1. The molecule has 0 aromatic rings. The van der Waals surface area contributed by atoms with Gasteiger partial charge in [0.25, 0.3) is 0 Å². The number of unbranched alkanes of at least 4 members (excludes halogenated alkanes) is 50. The molecule has 6 atom stereocenters. The molecule has 0 saturated carbocycles. The highest BCUT2D eigenvalue weighted by molar-refractivity contribution is 7.47. The lowest BCUT2D eigenvalue weighted by molar-refractivity contribution is -0.161. The summed E-state index contributed by atoms with van der Waals surface area (Å²) < 4.78 is 68.8. The minimum atomic E-state index is -4.96. The average Bonchev–Trinajstić information content (AvgIpc) is 1.75. The van der Waals surface area contributed by atoms with Gasteiger partial charge in [-0.1, -0.05) is 382 Å². The van der Waals surface area contributed by atoms with Crippen LogP contribution in [0.2, 0.25) is 0 Å². The number of hydrogen-bond donors (Lipinski definition) is 3. The zero-order valence-electron chi connectivity index (χ0n) is 66.2. The van der Waals surface area contributed by atoms with Gasteiger partial charge >= 0.3 is 39.5 Å². The summed E-state index contributed by atoms with van der Waals surface area (Å²) in [5, 5.41) is 10.7. The topological polar surface area (TPSA) is 237 Å². The lowest BCUT2D eigenvalue weighted by Gasteiger charge is -2.21. The minimum absolute atomic E-state index is 0.108. The summed E-state index contributed by atoms with van der Waals surface area (Å²) >= 11 is 0. The van der Waals surface area contributed by atoms with Crippen LogP contribution in [0.5, 0.6) is 0 Å². The molecule has 19 heteroatoms. The van der Waals surface area contributed by atoms with Gasteiger partial charge < -0.3 is 33.8 Å². The van der Waals surface area contributed by atoms with Crippen molar-refractivity contribution >= 4 is 39.5 Å². The maximum atomic E-state index is 13.1. The Balaban J connectivity index is 5.24. The number of esters is 4. The summed E-state index contributed by atoms with van der Waals surface area (Å²) in [6.07, 6.45) is 63.6. The summed E-state index contributed by atoms with van der Waals surface area (Å²) in [6.45, 7) is 9.71. The highest BCUT2D eigenvalue weighted by Gasteiger charge is 2.30. The number of ether oxygens (including phenoxy) is 4. The van der Waals surface area contributed by atoms with Crippen molar-refractivity contribution in [2.75, 3.05) is 39.6 Å². The summed E-state index contributed by atoms with van der Waals surface area (Å²) in [5.41, 5.74) is 0. The van der Waals surface area contributed by atoms with Gasteiger partial charge in [-0.15, -0.1) is 0 Å². The van der Waals surface area contributed by atoms with E-state index in [-0.39, 0.29) is 25.7 Å². The fourth-order valence-electron chi connectivity index (χ4n) is 12.7. The average molecular weight is 1480 g/mol. The molecule has 600 valence electrons. The maximum Gasteiger partial charge on any atom is 0.472 e. The largest absolute Gasteiger partial charge is 0.472 e. The molecule has 0 bridgehead atoms. The molecular weight excluding hydrogens is 1320 g/mol. The van der Waals surface area contributed by atoms with E-state index in [0.717, 1.165) is 102 Å². The van der Waals surface area contributed by atoms with Gasteiger partial charge in [-0.25, -0.2) is 9.13 Å². The Morgan fingerprint density at radius 1 is 0.287 bits per heavy atom. The van der Waals surface area contributed by atoms with E-state index in [1.165, 1.54) is 250 Å². The Bertz CT molecular complexity index is 1940. The van der Waals surface area contributed by atoms with Crippen molar-refractivity contribution in [1.82, 2.24) is 0 Å². The van der Waals surface area contributed by atoms with Crippen LogP contribution in [0.3, 0.4) is 0 Å². The molecule has 0 aliphatic heterocycles. The first kappa shape index (κ1) is 99.1. The highest BCUT2D eigenvalue weighted by Crippen LogP contribution is 2.45. The molecule has 3 unspecified atom stereocenters. The molecule has 0 saturated heterocycles. The van der Waals surface area contributed by atoms with Crippen LogP contribution in [0.25, 0.3) is 0 Å². The predicted molar refractivity (Wildman–Crippen MR) is 414 cm³/mol. The smallest absolute Gasteiger partial charge is 0.462 e. The van der Waals surface area contributed by atoms with Gasteiger partial charge in [0.1, 0.15) is 19.3 Å². The fraction of sp³-hybridized carbons (Fsp3) is 0.951. The Labute approximate surface area is 619 Å². The number of aliphatic hydroxyl groups is 1. The molecule has 3 N–H and O–H groups in total. The second-order valence-electron chi connectivity index (χ2n) is 30.2. The number of carbonyl (C=O) groups excluding carboxylic acids is 4. The van der Waals surface area contributed by atoms with Crippen LogP contribution in [-0.2, 0) is 65.4 Å². The third kappa shape index (κ3) is 74.7. The summed E-state index contributed by atoms with van der Waals surface area (Å²) in [6, 6.07) is 0. The molecule has 0 aromatic carbocycles. The van der Waals surface area contributed by atoms with E-state index in [4.69, 9.17) is 37.0 Å². The normalized spacial score (nSPS) is 14.2. The monoisotopic (exact) mass is 1480 g/mol. The van der Waals surface area contributed by atoms with Gasteiger partial charge in [-0.2, -0.15) is 0 Å². The molecule has 0 rings (SSSR count). The number of carbonyl (C=O) groups is 4. The fourth-order valence-corrected chi connectivity index (χ4v) is 14.3. The molecule has 101 heavy (non-hydrogen) atoms. The first-order valence-electron chi connectivity index (χ1n) is 42.5. The molecule has 0 aliphatic rings. The van der Waals surface area contributed by atoms with Crippen molar-refractivity contribution in [3.8, 4) is 0 Å². The van der Waals surface area contributed by atoms with E-state index in [9.17, 15) is 43.2 Å². The van der Waals surface area contributed by atoms with Gasteiger partial charge in [0, 0.05) is 25.7 Å². The quantitative estimate of drug-likeness (QED) is 0.0222. The van der Waals surface area contributed by atoms with Gasteiger partial charge in [-0.3, -0.25) is 37.3 Å². The van der Waals surface area contributed by atoms with Crippen LogP contribution in [0.1, 0.15) is 433 Å². The molecule has 0 heterocycles. The number of aliphatic hydroxyl groups excluding tert-OH is 1. The maximum absolute atomic E-state index is 13.1. The van der Waals surface area contributed by atoms with Crippen molar-refractivity contribution in [3.05, 3.63) is 0 Å². The third-order valence-corrected chi connectivity index (χ3v) is 21.5. The zero-order chi connectivity index (χ0) is 74.2. The predicted octanol–water partition coefficient (Wildman–Crippen LogP) is 24.7. The second kappa shape index (κ2) is 73.6. The van der Waals surface area contributed by atoms with Crippen LogP contribution < -0.4 is 0 Å². The molecular formula is C82H160O17P2. The molecule has 0 fully saturated rings. The van der Waals surface area contributed by atoms with Crippen molar-refractivity contribution in [2.45, 2.75) is 452 Å². The SMILES string of the molecule is CCCCCCCCCCCCCCCCC(=O)O[C@H](COC(=O)CCCCCCCCCCCCCC)COP(=O)(O)OC[C@H](O)COP(=O)(O)OC[C@@H](COC(=O)CCCCCCCCCCCCC(C)CC)OC(=O)CCCCCCCCCCCCCCCCCCCCC(C)C. The van der Waals surface area contributed by atoms with Crippen molar-refractivity contribution in [2.24, 2.45) is 11.8 Å². The van der Waals surface area contributed by atoms with Crippen molar-refractivity contribution < 1.29 is 80.2 Å². The summed E-state index contributed by atoms with van der Waals surface area (Å²) in [5.74, 6) is -0.475. The summed E-state index contributed by atoms with van der Waals surface area (Å²) in [4.78, 5) is 73.1. The Hall–Kier alpha value is -1.94. The standard InChI is InChI=1S/C82H160O17P2/c1-7-10-12-14-16-18-20-22-30-34-42-48-54-60-66-81(86)98-77(70-92-79(84)64-58-52-46-40-33-21-19-17-15-13-11-8-2)72-96-100(88,89)94-68-76(83)69-95-101(90,91)97-73-78(71-93-80(85)65-59-53-47-41-37-36-39-45-51-57-63-75(6)9-3)99-82(87)67-61-55-49-43-35-31-28-26-24-23-25-27-29-32-38-44-50-56-62-74(4)5/h74-78,83H,7-73H2,1-6H3,(H,88,89)(H,90,91)/t75?,76-,77+,78+/m0/s1. The van der Waals surface area contributed by atoms with Gasteiger partial charge in [-0.05, 0) is 37.5 Å². The Kier molecular flexibility index (Phi) is 72.2. The number of phosphoric ester groups is 2. The van der Waals surface area contributed by atoms with E-state index in [0.29, 0.717) is 25.7 Å². The van der Waals surface area contributed by atoms with E-state index in [1.54, 1.807) is 0 Å². The third-order valence-electron chi connectivity index (χ3n) is 19.6. The lowest BCUT2D eigenvalue weighted by atomic mass is 9.99. The first-order valence-corrected chi connectivity index (χ1v) is 45.5. The number of rotatable bonds is 81. The van der Waals surface area contributed by atoms with Crippen molar-refractivity contribution in [3.63, 3.8) is 0 Å². The van der Waals surface area contributed by atoms with Crippen LogP contribution in [0.4, 0.5) is 0 Å². The lowest BCUT2D eigenvalue weighted by Crippen LogP contribution is -2.30. The molecule has 0 aromatic heterocycles.